The predicted octanol–water partition coefficient (Wildman–Crippen LogP) is 0.581. The fraction of sp³-hybridized carbons (Fsp3) is 0.917. The molecule has 2 saturated heterocycles. The quantitative estimate of drug-likeness (QED) is 0.658. The summed E-state index contributed by atoms with van der Waals surface area (Å²) < 4.78 is 5.42. The van der Waals surface area contributed by atoms with Gasteiger partial charge in [0.2, 0.25) is 0 Å². The van der Waals surface area contributed by atoms with Crippen LogP contribution in [0.25, 0.3) is 0 Å². The maximum absolute atomic E-state index is 11.9. The number of carbonyl (C=O) groups is 1. The van der Waals surface area contributed by atoms with Crippen molar-refractivity contribution in [3.63, 3.8) is 0 Å². The first-order valence-corrected chi connectivity index (χ1v) is 6.20. The molecule has 0 aromatic rings. The number of likely N-dealkylation sites (tertiary alicyclic amines) is 1. The van der Waals surface area contributed by atoms with Gasteiger partial charge in [-0.2, -0.15) is 0 Å². The van der Waals surface area contributed by atoms with Crippen LogP contribution in [0.1, 0.15) is 33.6 Å². The van der Waals surface area contributed by atoms with Crippen LogP contribution in [0, 0.1) is 5.41 Å². The van der Waals surface area contributed by atoms with Crippen molar-refractivity contribution in [2.45, 2.75) is 39.2 Å². The Labute approximate surface area is 97.3 Å². The maximum Gasteiger partial charge on any atom is 0.410 e. The Kier molecular flexibility index (Phi) is 2.86. The SMILES string of the molecule is CC(C)(C)OC(=O)N1CCCC2(C[NH2+]C2)C1. The second-order valence-corrected chi connectivity index (χ2v) is 6.20. The molecular weight excluding hydrogens is 204 g/mol. The number of nitrogens with two attached hydrogens (primary N) is 1. The molecule has 2 aliphatic rings. The molecule has 4 nitrogen and oxygen atoms in total. The largest absolute Gasteiger partial charge is 0.444 e. The topological polar surface area (TPSA) is 46.1 Å². The van der Waals surface area contributed by atoms with Crippen LogP contribution in [-0.2, 0) is 4.74 Å². The van der Waals surface area contributed by atoms with Crippen molar-refractivity contribution in [2.24, 2.45) is 5.41 Å². The number of rotatable bonds is 0. The Morgan fingerprint density at radius 2 is 2.06 bits per heavy atom. The van der Waals surface area contributed by atoms with Crippen LogP contribution >= 0.6 is 0 Å². The van der Waals surface area contributed by atoms with E-state index in [0.717, 1.165) is 19.5 Å². The zero-order chi connectivity index (χ0) is 11.8. The number of hydrogen-bond donors (Lipinski definition) is 1. The van der Waals surface area contributed by atoms with Gasteiger partial charge in [-0.3, -0.25) is 0 Å². The molecule has 92 valence electrons. The van der Waals surface area contributed by atoms with Gasteiger partial charge in [0, 0.05) is 13.1 Å². The summed E-state index contributed by atoms with van der Waals surface area (Å²) in [6.07, 6.45) is 2.24. The van der Waals surface area contributed by atoms with Crippen molar-refractivity contribution in [3.05, 3.63) is 0 Å². The molecule has 1 amide bonds. The summed E-state index contributed by atoms with van der Waals surface area (Å²) in [7, 11) is 0. The summed E-state index contributed by atoms with van der Waals surface area (Å²) in [5.41, 5.74) is 0.0165. The number of nitrogens with zero attached hydrogens (tertiary/aromatic N) is 1. The number of quaternary nitrogens is 1. The smallest absolute Gasteiger partial charge is 0.410 e. The van der Waals surface area contributed by atoms with Gasteiger partial charge in [-0.05, 0) is 33.6 Å². The van der Waals surface area contributed by atoms with Gasteiger partial charge in [-0.15, -0.1) is 0 Å². The second kappa shape index (κ2) is 3.91. The summed E-state index contributed by atoms with van der Waals surface area (Å²) in [5, 5.41) is 2.32. The molecule has 16 heavy (non-hydrogen) atoms. The highest BCUT2D eigenvalue weighted by Gasteiger charge is 2.46. The number of ether oxygens (including phenoxy) is 1. The number of piperidine rings is 1. The van der Waals surface area contributed by atoms with Gasteiger partial charge in [-0.1, -0.05) is 0 Å². The standard InChI is InChI=1S/C12H22N2O2/c1-11(2,3)16-10(15)14-6-4-5-12(9-14)7-13-8-12/h13H,4-9H2,1-3H3/p+1. The van der Waals surface area contributed by atoms with Gasteiger partial charge >= 0.3 is 6.09 Å². The van der Waals surface area contributed by atoms with Crippen molar-refractivity contribution in [3.8, 4) is 0 Å². The van der Waals surface area contributed by atoms with E-state index in [2.05, 4.69) is 5.32 Å². The molecule has 0 aliphatic carbocycles. The van der Waals surface area contributed by atoms with Gasteiger partial charge in [0.05, 0.1) is 18.5 Å². The lowest BCUT2D eigenvalue weighted by molar-refractivity contribution is -0.742. The molecule has 0 aromatic carbocycles. The molecule has 0 radical (unpaired) electrons. The Morgan fingerprint density at radius 1 is 1.38 bits per heavy atom. The number of carbonyl (C=O) groups excluding carboxylic acids is 1. The van der Waals surface area contributed by atoms with E-state index in [-0.39, 0.29) is 11.7 Å². The normalized spacial score (nSPS) is 24.1. The van der Waals surface area contributed by atoms with Gasteiger partial charge in [0.25, 0.3) is 0 Å². The minimum absolute atomic E-state index is 0.140. The minimum Gasteiger partial charge on any atom is -0.444 e. The highest BCUT2D eigenvalue weighted by molar-refractivity contribution is 5.68. The molecule has 0 aromatic heterocycles. The summed E-state index contributed by atoms with van der Waals surface area (Å²) in [4.78, 5) is 13.8. The third-order valence-corrected chi connectivity index (χ3v) is 3.47. The first-order chi connectivity index (χ1) is 7.40. The lowest BCUT2D eigenvalue weighted by Gasteiger charge is -2.45. The fourth-order valence-corrected chi connectivity index (χ4v) is 2.58. The van der Waals surface area contributed by atoms with Crippen LogP contribution in [-0.4, -0.2) is 42.8 Å². The van der Waals surface area contributed by atoms with Crippen molar-refractivity contribution >= 4 is 6.09 Å². The second-order valence-electron chi connectivity index (χ2n) is 6.20. The van der Waals surface area contributed by atoms with E-state index in [1.165, 1.54) is 19.5 Å². The number of amides is 1. The van der Waals surface area contributed by atoms with E-state index in [1.807, 2.05) is 25.7 Å². The van der Waals surface area contributed by atoms with Gasteiger partial charge in [0.1, 0.15) is 5.60 Å². The monoisotopic (exact) mass is 227 g/mol. The van der Waals surface area contributed by atoms with E-state index >= 15 is 0 Å². The summed E-state index contributed by atoms with van der Waals surface area (Å²) in [5.74, 6) is 0. The van der Waals surface area contributed by atoms with Crippen LogP contribution in [0.5, 0.6) is 0 Å². The Balaban J connectivity index is 1.91. The highest BCUT2D eigenvalue weighted by atomic mass is 16.6. The molecule has 4 heteroatoms. The van der Waals surface area contributed by atoms with Gasteiger partial charge < -0.3 is 15.0 Å². The van der Waals surface area contributed by atoms with E-state index in [0.29, 0.717) is 5.41 Å². The predicted molar refractivity (Wildman–Crippen MR) is 61.1 cm³/mol. The lowest BCUT2D eigenvalue weighted by Crippen LogP contribution is -3.01. The average molecular weight is 227 g/mol. The Hall–Kier alpha value is -0.770. The molecular formula is C12H23N2O2+. The van der Waals surface area contributed by atoms with Crippen LogP contribution in [0.3, 0.4) is 0 Å². The maximum atomic E-state index is 11.9. The first kappa shape index (κ1) is 11.7. The zero-order valence-corrected chi connectivity index (χ0v) is 10.6. The molecule has 0 unspecified atom stereocenters. The third kappa shape index (κ3) is 2.48. The van der Waals surface area contributed by atoms with E-state index in [4.69, 9.17) is 4.74 Å². The van der Waals surface area contributed by atoms with Crippen molar-refractivity contribution in [1.82, 2.24) is 4.90 Å². The first-order valence-electron chi connectivity index (χ1n) is 6.20. The van der Waals surface area contributed by atoms with Crippen LogP contribution in [0.4, 0.5) is 4.79 Å². The molecule has 0 bridgehead atoms. The molecule has 0 saturated carbocycles. The van der Waals surface area contributed by atoms with Crippen molar-refractivity contribution in [2.75, 3.05) is 26.2 Å². The molecule has 2 aliphatic heterocycles. The van der Waals surface area contributed by atoms with Crippen molar-refractivity contribution in [1.29, 1.82) is 0 Å². The van der Waals surface area contributed by atoms with Crippen LogP contribution in [0.15, 0.2) is 0 Å². The fourth-order valence-electron chi connectivity index (χ4n) is 2.58. The van der Waals surface area contributed by atoms with Crippen LogP contribution in [0.2, 0.25) is 0 Å². The van der Waals surface area contributed by atoms with Crippen LogP contribution < -0.4 is 5.32 Å². The van der Waals surface area contributed by atoms with Gasteiger partial charge in [-0.25, -0.2) is 4.79 Å². The third-order valence-electron chi connectivity index (χ3n) is 3.47. The van der Waals surface area contributed by atoms with Gasteiger partial charge in [0.15, 0.2) is 0 Å². The number of hydrogen-bond acceptors (Lipinski definition) is 2. The Morgan fingerprint density at radius 3 is 2.56 bits per heavy atom. The van der Waals surface area contributed by atoms with Crippen molar-refractivity contribution < 1.29 is 14.8 Å². The summed E-state index contributed by atoms with van der Waals surface area (Å²) in [6.45, 7) is 9.85. The van der Waals surface area contributed by atoms with E-state index < -0.39 is 0 Å². The molecule has 1 spiro atoms. The molecule has 2 fully saturated rings. The molecule has 2 rings (SSSR count). The molecule has 2 heterocycles. The minimum atomic E-state index is -0.382. The molecule has 2 N–H and O–H groups in total. The highest BCUT2D eigenvalue weighted by Crippen LogP contribution is 2.30. The Bertz CT molecular complexity index is 279. The lowest BCUT2D eigenvalue weighted by atomic mass is 9.75. The molecule has 0 atom stereocenters. The summed E-state index contributed by atoms with van der Waals surface area (Å²) in [6, 6.07) is 0. The van der Waals surface area contributed by atoms with E-state index in [9.17, 15) is 4.79 Å². The van der Waals surface area contributed by atoms with E-state index in [1.54, 1.807) is 0 Å². The average Bonchev–Trinajstić information content (AvgIpc) is 2.13. The zero-order valence-electron chi connectivity index (χ0n) is 10.6. The summed E-state index contributed by atoms with van der Waals surface area (Å²) >= 11 is 0.